The molecule has 0 saturated heterocycles. The third-order valence-electron chi connectivity index (χ3n) is 1.34. The molecule has 0 heterocycles. The average Bonchev–Trinajstić information content (AvgIpc) is 2.02. The molecule has 1 aromatic rings. The van der Waals surface area contributed by atoms with Crippen molar-refractivity contribution in [2.24, 2.45) is 0 Å². The van der Waals surface area contributed by atoms with Crippen LogP contribution in [0.2, 0.25) is 10.0 Å². The van der Waals surface area contributed by atoms with E-state index in [0.717, 1.165) is 5.69 Å². The molecule has 2 nitrogen and oxygen atoms in total. The van der Waals surface area contributed by atoms with Crippen molar-refractivity contribution in [2.45, 2.75) is 20.0 Å². The maximum Gasteiger partial charge on any atom is 0.0797 e. The molecule has 4 heteroatoms. The lowest BCUT2D eigenvalue weighted by molar-refractivity contribution is 0.130. The van der Waals surface area contributed by atoms with Crippen LogP contribution in [0.25, 0.3) is 0 Å². The number of rotatable bonds is 3. The predicted molar refractivity (Wildman–Crippen MR) is 56.3 cm³/mol. The SMILES string of the molecule is CC(C)ONc1ccc(Cl)cc1Cl. The van der Waals surface area contributed by atoms with Gasteiger partial charge in [-0.2, -0.15) is 0 Å². The van der Waals surface area contributed by atoms with E-state index in [1.54, 1.807) is 18.2 Å². The largest absolute Gasteiger partial charge is 0.273 e. The fraction of sp³-hybridized carbons (Fsp3) is 0.333. The molecule has 0 aromatic heterocycles. The summed E-state index contributed by atoms with van der Waals surface area (Å²) in [6.07, 6.45) is 0.103. The zero-order chi connectivity index (χ0) is 9.84. The minimum Gasteiger partial charge on any atom is -0.273 e. The quantitative estimate of drug-likeness (QED) is 0.783. The first kappa shape index (κ1) is 10.6. The Morgan fingerprint density at radius 1 is 1.31 bits per heavy atom. The van der Waals surface area contributed by atoms with Gasteiger partial charge in [-0.25, -0.2) is 0 Å². The van der Waals surface area contributed by atoms with E-state index in [1.165, 1.54) is 0 Å². The van der Waals surface area contributed by atoms with Crippen molar-refractivity contribution in [3.05, 3.63) is 28.2 Å². The number of hydrogen-bond donors (Lipinski definition) is 1. The second-order valence-electron chi connectivity index (χ2n) is 2.89. The molecule has 1 aromatic carbocycles. The van der Waals surface area contributed by atoms with Gasteiger partial charge in [0.1, 0.15) is 0 Å². The predicted octanol–water partition coefficient (Wildman–Crippen LogP) is 3.75. The van der Waals surface area contributed by atoms with Crippen molar-refractivity contribution < 1.29 is 4.84 Å². The molecule has 0 aliphatic heterocycles. The zero-order valence-corrected chi connectivity index (χ0v) is 8.99. The Kier molecular flexibility index (Phi) is 3.85. The molecule has 0 aliphatic carbocycles. The normalized spacial score (nSPS) is 10.5. The van der Waals surface area contributed by atoms with Crippen molar-refractivity contribution in [3.8, 4) is 0 Å². The second kappa shape index (κ2) is 4.70. The van der Waals surface area contributed by atoms with Crippen molar-refractivity contribution in [3.63, 3.8) is 0 Å². The van der Waals surface area contributed by atoms with Gasteiger partial charge in [0.05, 0.1) is 16.8 Å². The van der Waals surface area contributed by atoms with Crippen LogP contribution in [0.4, 0.5) is 5.69 Å². The standard InChI is InChI=1S/C9H11Cl2NO/c1-6(2)13-12-9-4-3-7(10)5-8(9)11/h3-6,12H,1-2H3. The van der Waals surface area contributed by atoms with Crippen LogP contribution in [0.1, 0.15) is 13.8 Å². The Labute approximate surface area is 87.8 Å². The lowest BCUT2D eigenvalue weighted by Gasteiger charge is -2.10. The van der Waals surface area contributed by atoms with Crippen LogP contribution in [0, 0.1) is 0 Å². The summed E-state index contributed by atoms with van der Waals surface area (Å²) in [5, 5.41) is 1.16. The highest BCUT2D eigenvalue weighted by atomic mass is 35.5. The van der Waals surface area contributed by atoms with E-state index >= 15 is 0 Å². The van der Waals surface area contributed by atoms with Gasteiger partial charge in [0.15, 0.2) is 0 Å². The highest BCUT2D eigenvalue weighted by Crippen LogP contribution is 2.25. The van der Waals surface area contributed by atoms with E-state index in [1.807, 2.05) is 13.8 Å². The molecule has 0 saturated carbocycles. The molecule has 0 aliphatic rings. The van der Waals surface area contributed by atoms with Gasteiger partial charge >= 0.3 is 0 Å². The van der Waals surface area contributed by atoms with Gasteiger partial charge in [-0.15, -0.1) is 0 Å². The van der Waals surface area contributed by atoms with Crippen LogP contribution in [-0.4, -0.2) is 6.10 Å². The summed E-state index contributed by atoms with van der Waals surface area (Å²) in [7, 11) is 0. The van der Waals surface area contributed by atoms with E-state index < -0.39 is 0 Å². The van der Waals surface area contributed by atoms with Crippen molar-refractivity contribution >= 4 is 28.9 Å². The van der Waals surface area contributed by atoms with Crippen LogP contribution in [0.15, 0.2) is 18.2 Å². The highest BCUT2D eigenvalue weighted by Gasteiger charge is 2.01. The third-order valence-corrected chi connectivity index (χ3v) is 1.88. The molecule has 13 heavy (non-hydrogen) atoms. The lowest BCUT2D eigenvalue weighted by atomic mass is 10.3. The minimum absolute atomic E-state index is 0.103. The average molecular weight is 220 g/mol. The third kappa shape index (κ3) is 3.43. The topological polar surface area (TPSA) is 21.3 Å². The summed E-state index contributed by atoms with van der Waals surface area (Å²) < 4.78 is 0. The number of benzene rings is 1. The van der Waals surface area contributed by atoms with E-state index in [2.05, 4.69) is 5.48 Å². The van der Waals surface area contributed by atoms with Crippen molar-refractivity contribution in [2.75, 3.05) is 5.48 Å². The number of nitrogens with one attached hydrogen (secondary N) is 1. The maximum absolute atomic E-state index is 5.89. The van der Waals surface area contributed by atoms with Crippen LogP contribution in [-0.2, 0) is 4.84 Å². The molecule has 0 unspecified atom stereocenters. The smallest absolute Gasteiger partial charge is 0.0797 e. The van der Waals surface area contributed by atoms with Crippen LogP contribution in [0.5, 0.6) is 0 Å². The molecule has 0 spiro atoms. The Balaban J connectivity index is 2.67. The van der Waals surface area contributed by atoms with Gasteiger partial charge in [0.2, 0.25) is 0 Å². The molecular weight excluding hydrogens is 209 g/mol. The summed E-state index contributed by atoms with van der Waals surface area (Å²) in [6, 6.07) is 5.18. The molecule has 0 fully saturated rings. The Morgan fingerprint density at radius 3 is 2.54 bits per heavy atom. The summed E-state index contributed by atoms with van der Waals surface area (Å²) in [5.41, 5.74) is 3.47. The summed E-state index contributed by atoms with van der Waals surface area (Å²) in [6.45, 7) is 3.85. The molecule has 0 bridgehead atoms. The molecule has 0 atom stereocenters. The van der Waals surface area contributed by atoms with Gasteiger partial charge in [-0.3, -0.25) is 10.3 Å². The fourth-order valence-corrected chi connectivity index (χ4v) is 1.20. The Hall–Kier alpha value is -0.440. The molecule has 72 valence electrons. The maximum atomic E-state index is 5.89. The molecule has 0 radical (unpaired) electrons. The van der Waals surface area contributed by atoms with Gasteiger partial charge in [0, 0.05) is 5.02 Å². The summed E-state index contributed by atoms with van der Waals surface area (Å²) in [4.78, 5) is 5.17. The van der Waals surface area contributed by atoms with E-state index in [-0.39, 0.29) is 6.10 Å². The Bertz CT molecular complexity index is 289. The van der Waals surface area contributed by atoms with Crippen LogP contribution in [0.3, 0.4) is 0 Å². The summed E-state index contributed by atoms with van der Waals surface area (Å²) >= 11 is 11.6. The van der Waals surface area contributed by atoms with Crippen molar-refractivity contribution in [1.82, 2.24) is 0 Å². The van der Waals surface area contributed by atoms with Gasteiger partial charge < -0.3 is 0 Å². The first-order valence-electron chi connectivity index (χ1n) is 3.96. The van der Waals surface area contributed by atoms with E-state index in [0.29, 0.717) is 10.0 Å². The second-order valence-corrected chi connectivity index (χ2v) is 3.74. The monoisotopic (exact) mass is 219 g/mol. The van der Waals surface area contributed by atoms with Crippen LogP contribution >= 0.6 is 23.2 Å². The molecule has 1 rings (SSSR count). The van der Waals surface area contributed by atoms with Gasteiger partial charge in [-0.05, 0) is 32.0 Å². The molecular formula is C9H11Cl2NO. The van der Waals surface area contributed by atoms with E-state index in [4.69, 9.17) is 28.0 Å². The Morgan fingerprint density at radius 2 is 2.00 bits per heavy atom. The minimum atomic E-state index is 0.103. The summed E-state index contributed by atoms with van der Waals surface area (Å²) in [5.74, 6) is 0. The van der Waals surface area contributed by atoms with Gasteiger partial charge in [-0.1, -0.05) is 23.2 Å². The lowest BCUT2D eigenvalue weighted by Crippen LogP contribution is -2.09. The van der Waals surface area contributed by atoms with Gasteiger partial charge in [0.25, 0.3) is 0 Å². The zero-order valence-electron chi connectivity index (χ0n) is 7.47. The first-order chi connectivity index (χ1) is 6.09. The van der Waals surface area contributed by atoms with Crippen molar-refractivity contribution in [1.29, 1.82) is 0 Å². The molecule has 1 N–H and O–H groups in total. The number of halogens is 2. The number of anilines is 1. The first-order valence-corrected chi connectivity index (χ1v) is 4.72. The van der Waals surface area contributed by atoms with E-state index in [9.17, 15) is 0 Å². The van der Waals surface area contributed by atoms with Crippen LogP contribution < -0.4 is 5.48 Å². The fourth-order valence-electron chi connectivity index (χ4n) is 0.754. The molecule has 0 amide bonds. The number of hydrogen-bond acceptors (Lipinski definition) is 2. The highest BCUT2D eigenvalue weighted by molar-refractivity contribution is 6.36.